The Hall–Kier alpha value is -3.17. The van der Waals surface area contributed by atoms with Crippen molar-refractivity contribution in [3.05, 3.63) is 65.5 Å². The Kier molecular flexibility index (Phi) is 6.30. The maximum absolute atomic E-state index is 15.0. The van der Waals surface area contributed by atoms with Gasteiger partial charge in [0.25, 0.3) is 5.91 Å². The number of ether oxygens (including phenoxy) is 1. The van der Waals surface area contributed by atoms with Gasteiger partial charge in [0.1, 0.15) is 23.0 Å². The molecule has 9 heteroatoms. The SMILES string of the molecule is COC(CO)CNC(=O)c1cccc(F)c1-c1[nH]nc(-c2ccc(F)cc2)c1F. The van der Waals surface area contributed by atoms with Gasteiger partial charge in [-0.3, -0.25) is 9.89 Å². The van der Waals surface area contributed by atoms with E-state index in [-0.39, 0.29) is 35.7 Å². The third-order valence-corrected chi connectivity index (χ3v) is 4.36. The number of aliphatic hydroxyl groups excluding tert-OH is 1. The molecule has 0 saturated carbocycles. The Labute approximate surface area is 164 Å². The van der Waals surface area contributed by atoms with E-state index in [0.717, 1.165) is 18.2 Å². The molecule has 6 nitrogen and oxygen atoms in total. The second kappa shape index (κ2) is 8.89. The van der Waals surface area contributed by atoms with E-state index in [1.807, 2.05) is 0 Å². The zero-order chi connectivity index (χ0) is 21.0. The van der Waals surface area contributed by atoms with E-state index < -0.39 is 29.5 Å². The Bertz CT molecular complexity index is 1000. The van der Waals surface area contributed by atoms with Crippen molar-refractivity contribution < 1.29 is 27.8 Å². The van der Waals surface area contributed by atoms with Crippen molar-refractivity contribution in [1.29, 1.82) is 0 Å². The van der Waals surface area contributed by atoms with Crippen molar-refractivity contribution in [2.24, 2.45) is 0 Å². The molecular weight excluding hydrogens is 387 g/mol. The van der Waals surface area contributed by atoms with Crippen LogP contribution in [0.25, 0.3) is 22.5 Å². The minimum atomic E-state index is -0.874. The number of hydrogen-bond acceptors (Lipinski definition) is 4. The van der Waals surface area contributed by atoms with Gasteiger partial charge in [0, 0.05) is 19.2 Å². The molecule has 0 bridgehead atoms. The lowest BCUT2D eigenvalue weighted by Crippen LogP contribution is -2.35. The monoisotopic (exact) mass is 405 g/mol. The van der Waals surface area contributed by atoms with Crippen LogP contribution in [0.5, 0.6) is 0 Å². The number of carbonyl (C=O) groups is 1. The van der Waals surface area contributed by atoms with Crippen LogP contribution in [0.4, 0.5) is 13.2 Å². The highest BCUT2D eigenvalue weighted by molar-refractivity contribution is 6.00. The first-order valence-corrected chi connectivity index (χ1v) is 8.66. The topological polar surface area (TPSA) is 87.2 Å². The molecule has 0 radical (unpaired) electrons. The molecule has 3 aromatic rings. The largest absolute Gasteiger partial charge is 0.394 e. The molecule has 29 heavy (non-hydrogen) atoms. The summed E-state index contributed by atoms with van der Waals surface area (Å²) in [6, 6.07) is 8.74. The highest BCUT2D eigenvalue weighted by Crippen LogP contribution is 2.32. The zero-order valence-electron chi connectivity index (χ0n) is 15.4. The van der Waals surface area contributed by atoms with Crippen LogP contribution in [-0.2, 0) is 4.74 Å². The van der Waals surface area contributed by atoms with Crippen LogP contribution in [-0.4, -0.2) is 47.6 Å². The second-order valence-electron chi connectivity index (χ2n) is 6.18. The number of aliphatic hydroxyl groups is 1. The van der Waals surface area contributed by atoms with Crippen molar-refractivity contribution in [3.8, 4) is 22.5 Å². The van der Waals surface area contributed by atoms with Crippen LogP contribution < -0.4 is 5.32 Å². The summed E-state index contributed by atoms with van der Waals surface area (Å²) in [6.45, 7) is -0.336. The van der Waals surface area contributed by atoms with Crippen molar-refractivity contribution in [1.82, 2.24) is 15.5 Å². The van der Waals surface area contributed by atoms with E-state index in [1.54, 1.807) is 0 Å². The number of nitrogens with zero attached hydrogens (tertiary/aromatic N) is 1. The zero-order valence-corrected chi connectivity index (χ0v) is 15.4. The number of carbonyl (C=O) groups excluding carboxylic acids is 1. The van der Waals surface area contributed by atoms with Crippen LogP contribution in [0.3, 0.4) is 0 Å². The van der Waals surface area contributed by atoms with Gasteiger partial charge in [-0.25, -0.2) is 13.2 Å². The van der Waals surface area contributed by atoms with Crippen LogP contribution in [0.15, 0.2) is 42.5 Å². The van der Waals surface area contributed by atoms with Crippen LogP contribution >= 0.6 is 0 Å². The summed E-state index contributed by atoms with van der Waals surface area (Å²) in [7, 11) is 1.37. The number of nitrogens with one attached hydrogen (secondary N) is 2. The van der Waals surface area contributed by atoms with Gasteiger partial charge < -0.3 is 15.2 Å². The Morgan fingerprint density at radius 2 is 1.93 bits per heavy atom. The summed E-state index contributed by atoms with van der Waals surface area (Å²) in [4.78, 5) is 12.5. The molecule has 2 aromatic carbocycles. The molecule has 0 aliphatic carbocycles. The Balaban J connectivity index is 1.97. The predicted molar refractivity (Wildman–Crippen MR) is 99.5 cm³/mol. The van der Waals surface area contributed by atoms with Crippen molar-refractivity contribution >= 4 is 5.91 Å². The summed E-state index contributed by atoms with van der Waals surface area (Å²) in [6.07, 6.45) is -0.634. The standard InChI is InChI=1S/C20H18F3N3O3/c1-29-13(10-27)9-24-20(28)14-3-2-4-15(22)16(14)19-17(23)18(25-26-19)11-5-7-12(21)8-6-11/h2-8,13,27H,9-10H2,1H3,(H,24,28)(H,25,26). The van der Waals surface area contributed by atoms with E-state index in [9.17, 15) is 13.6 Å². The van der Waals surface area contributed by atoms with Gasteiger partial charge in [0.2, 0.25) is 0 Å². The lowest BCUT2D eigenvalue weighted by molar-refractivity contribution is 0.0474. The van der Waals surface area contributed by atoms with Crippen molar-refractivity contribution in [3.63, 3.8) is 0 Å². The number of halogens is 3. The van der Waals surface area contributed by atoms with Crippen LogP contribution in [0.1, 0.15) is 10.4 Å². The van der Waals surface area contributed by atoms with Crippen molar-refractivity contribution in [2.45, 2.75) is 6.10 Å². The summed E-state index contributed by atoms with van der Waals surface area (Å²) in [5.41, 5.74) is -0.556. The van der Waals surface area contributed by atoms with Gasteiger partial charge in [-0.05, 0) is 36.4 Å². The first-order chi connectivity index (χ1) is 14.0. The number of aromatic amines is 1. The third kappa shape index (κ3) is 4.30. The number of amides is 1. The minimum Gasteiger partial charge on any atom is -0.394 e. The normalized spacial score (nSPS) is 12.0. The highest BCUT2D eigenvalue weighted by Gasteiger charge is 2.24. The third-order valence-electron chi connectivity index (χ3n) is 4.36. The quantitative estimate of drug-likeness (QED) is 0.564. The molecule has 1 aromatic heterocycles. The van der Waals surface area contributed by atoms with Gasteiger partial charge >= 0.3 is 0 Å². The maximum Gasteiger partial charge on any atom is 0.252 e. The number of H-pyrrole nitrogens is 1. The van der Waals surface area contributed by atoms with E-state index >= 15 is 4.39 Å². The molecular formula is C20H18F3N3O3. The van der Waals surface area contributed by atoms with Crippen LogP contribution in [0, 0.1) is 17.5 Å². The van der Waals surface area contributed by atoms with Crippen molar-refractivity contribution in [2.75, 3.05) is 20.3 Å². The van der Waals surface area contributed by atoms with Gasteiger partial charge in [-0.15, -0.1) is 0 Å². The van der Waals surface area contributed by atoms with Gasteiger partial charge in [0.05, 0.1) is 23.8 Å². The second-order valence-corrected chi connectivity index (χ2v) is 6.18. The number of aromatic nitrogens is 2. The first kappa shape index (κ1) is 20.6. The van der Waals surface area contributed by atoms with E-state index in [4.69, 9.17) is 9.84 Å². The van der Waals surface area contributed by atoms with Crippen LogP contribution in [0.2, 0.25) is 0 Å². The molecule has 0 saturated heterocycles. The summed E-state index contributed by atoms with van der Waals surface area (Å²) in [5, 5.41) is 17.9. The molecule has 0 aliphatic heterocycles. The molecule has 3 N–H and O–H groups in total. The predicted octanol–water partition coefficient (Wildman–Crippen LogP) is 2.90. The van der Waals surface area contributed by atoms with E-state index in [1.165, 1.54) is 31.4 Å². The fraction of sp³-hybridized carbons (Fsp3) is 0.200. The minimum absolute atomic E-state index is 0.0198. The van der Waals surface area contributed by atoms with E-state index in [2.05, 4.69) is 15.5 Å². The molecule has 1 unspecified atom stereocenters. The molecule has 3 rings (SSSR count). The first-order valence-electron chi connectivity index (χ1n) is 8.66. The van der Waals surface area contributed by atoms with Gasteiger partial charge in [-0.1, -0.05) is 6.07 Å². The fourth-order valence-corrected chi connectivity index (χ4v) is 2.78. The van der Waals surface area contributed by atoms with Gasteiger partial charge in [0.15, 0.2) is 5.82 Å². The maximum atomic E-state index is 15.0. The number of benzene rings is 2. The molecule has 0 spiro atoms. The summed E-state index contributed by atoms with van der Waals surface area (Å²) in [5.74, 6) is -2.86. The average molecular weight is 405 g/mol. The Morgan fingerprint density at radius 3 is 2.59 bits per heavy atom. The number of rotatable bonds is 7. The molecule has 0 fully saturated rings. The lowest BCUT2D eigenvalue weighted by atomic mass is 10.0. The summed E-state index contributed by atoms with van der Waals surface area (Å²) >= 11 is 0. The fourth-order valence-electron chi connectivity index (χ4n) is 2.78. The summed E-state index contributed by atoms with van der Waals surface area (Å²) < 4.78 is 47.6. The van der Waals surface area contributed by atoms with E-state index in [0.29, 0.717) is 5.56 Å². The number of hydrogen-bond donors (Lipinski definition) is 3. The smallest absolute Gasteiger partial charge is 0.252 e. The average Bonchev–Trinajstić information content (AvgIpc) is 3.10. The highest BCUT2D eigenvalue weighted by atomic mass is 19.1. The Morgan fingerprint density at radius 1 is 1.21 bits per heavy atom. The molecule has 1 atom stereocenters. The lowest BCUT2D eigenvalue weighted by Gasteiger charge is -2.14. The molecule has 1 amide bonds. The molecule has 1 heterocycles. The number of methoxy groups -OCH3 is 1. The van der Waals surface area contributed by atoms with Gasteiger partial charge in [-0.2, -0.15) is 5.10 Å². The molecule has 0 aliphatic rings. The molecule has 152 valence electrons.